The fraction of sp³-hybridized carbons (Fsp3) is 0. The number of benzene rings is 27. The van der Waals surface area contributed by atoms with E-state index in [-0.39, 0.29) is 0 Å². The van der Waals surface area contributed by atoms with Crippen LogP contribution in [-0.4, -0.2) is 18.3 Å². The summed E-state index contributed by atoms with van der Waals surface area (Å²) in [6.45, 7) is 0. The molecule has 27 aromatic carbocycles. The van der Waals surface area contributed by atoms with Gasteiger partial charge in [-0.25, -0.2) is 0 Å². The van der Waals surface area contributed by atoms with E-state index in [1.165, 1.54) is 284 Å². The minimum atomic E-state index is 1.17. The molecule has 638 valence electrons. The van der Waals surface area contributed by atoms with Gasteiger partial charge in [0.15, 0.2) is 0 Å². The molecule has 0 saturated carbocycles. The molecule has 31 rings (SSSR count). The van der Waals surface area contributed by atoms with Crippen LogP contribution >= 0.6 is 0 Å². The van der Waals surface area contributed by atoms with Crippen LogP contribution in [0.4, 0.5) is 0 Å². The Morgan fingerprint density at radius 1 is 0.123 bits per heavy atom. The highest BCUT2D eigenvalue weighted by atomic mass is 15.0. The van der Waals surface area contributed by atoms with E-state index in [9.17, 15) is 0 Å². The van der Waals surface area contributed by atoms with Gasteiger partial charge in [0.25, 0.3) is 0 Å². The lowest BCUT2D eigenvalue weighted by molar-refractivity contribution is 1.19. The molecule has 0 unspecified atom stereocenters. The van der Waals surface area contributed by atoms with Crippen LogP contribution in [0.5, 0.6) is 0 Å². The van der Waals surface area contributed by atoms with Crippen molar-refractivity contribution in [2.75, 3.05) is 0 Å². The molecule has 0 saturated heterocycles. The van der Waals surface area contributed by atoms with E-state index in [0.717, 1.165) is 0 Å². The van der Waals surface area contributed by atoms with E-state index < -0.39 is 0 Å². The third-order valence-electron chi connectivity index (χ3n) is 29.9. The predicted octanol–water partition coefficient (Wildman–Crippen LogP) is 36.8. The molecule has 0 N–H and O–H groups in total. The van der Waals surface area contributed by atoms with Gasteiger partial charge in [-0.2, -0.15) is 0 Å². The minimum Gasteiger partial charge on any atom is -0.309 e. The van der Waals surface area contributed by atoms with Crippen molar-refractivity contribution < 1.29 is 0 Å². The Balaban J connectivity index is 0.000000100. The molecule has 0 aliphatic carbocycles. The lowest BCUT2D eigenvalue weighted by Crippen LogP contribution is -1.97. The number of rotatable bonds is 9. The maximum absolute atomic E-state index is 2.49. The van der Waals surface area contributed by atoms with E-state index in [2.05, 4.69) is 516 Å². The second-order valence-corrected chi connectivity index (χ2v) is 37.0. The summed E-state index contributed by atoms with van der Waals surface area (Å²) < 4.78 is 9.85. The Hall–Kier alpha value is -18.2. The fourth-order valence-electron chi connectivity index (χ4n) is 24.2. The average molecular weight is 1750 g/mol. The number of para-hydroxylation sites is 8. The predicted molar refractivity (Wildman–Crippen MR) is 590 cm³/mol. The van der Waals surface area contributed by atoms with E-state index >= 15 is 0 Å². The van der Waals surface area contributed by atoms with E-state index in [1.54, 1.807) is 0 Å². The van der Waals surface area contributed by atoms with Crippen molar-refractivity contribution in [1.29, 1.82) is 0 Å². The molecule has 0 fully saturated rings. The number of hydrogen-bond acceptors (Lipinski definition) is 0. The molecule has 4 heterocycles. The monoisotopic (exact) mass is 1750 g/mol. The lowest BCUT2D eigenvalue weighted by atomic mass is 9.82. The van der Waals surface area contributed by atoms with Gasteiger partial charge in [-0.15, -0.1) is 0 Å². The summed E-state index contributed by atoms with van der Waals surface area (Å²) in [5, 5.41) is 38.7. The maximum Gasteiger partial charge on any atom is 0.0626 e. The summed E-state index contributed by atoms with van der Waals surface area (Å²) in [6, 6.07) is 183. The second-order valence-electron chi connectivity index (χ2n) is 37.0. The molecule has 138 heavy (non-hydrogen) atoms. The highest BCUT2D eigenvalue weighted by molar-refractivity contribution is 6.40. The first-order valence-corrected chi connectivity index (χ1v) is 47.9. The van der Waals surface area contributed by atoms with Crippen molar-refractivity contribution in [3.05, 3.63) is 497 Å². The van der Waals surface area contributed by atoms with Gasteiger partial charge in [0, 0.05) is 87.1 Å². The van der Waals surface area contributed by atoms with Crippen LogP contribution in [0, 0.1) is 0 Å². The Bertz CT molecular complexity index is 10200. The zero-order valence-electron chi connectivity index (χ0n) is 75.1. The van der Waals surface area contributed by atoms with E-state index in [1.807, 2.05) is 0 Å². The quantitative estimate of drug-likeness (QED) is 0.128. The van der Waals surface area contributed by atoms with Crippen molar-refractivity contribution in [1.82, 2.24) is 18.3 Å². The van der Waals surface area contributed by atoms with Crippen molar-refractivity contribution in [3.8, 4) is 78.4 Å². The molecule has 0 radical (unpaired) electrons. The fourth-order valence-corrected chi connectivity index (χ4v) is 24.2. The highest BCUT2D eigenvalue weighted by Crippen LogP contribution is 2.55. The molecule has 0 amide bonds. The SMILES string of the molecule is c1ccc(-c2cc(-c3ccccc3)c3ccc4c5c(ccc2c35)c(-c2ccccc2)c2c3ccccc3n(-c3ccccc3)c42)cc1.c1ccc(-n2c3ccccc3c3cc4ccc5c(-c6cccc7ccccc67)cc(-c6cccc7ccccc67)c6ccc(c4c56)c32)cc1.c1ccc(-n2c3ccccc3c3cc4ccc5c(-n6c7ccccc7c7ccccc76)ccc6ccc(c4c65)c32)cc1. The summed E-state index contributed by atoms with van der Waals surface area (Å²) in [5.74, 6) is 0. The van der Waals surface area contributed by atoms with Gasteiger partial charge in [0.1, 0.15) is 0 Å². The van der Waals surface area contributed by atoms with Gasteiger partial charge in [0.05, 0.1) is 49.8 Å². The van der Waals surface area contributed by atoms with Crippen molar-refractivity contribution in [2.45, 2.75) is 0 Å². The lowest BCUT2D eigenvalue weighted by Gasteiger charge is -2.21. The summed E-state index contributed by atoms with van der Waals surface area (Å²) in [6.07, 6.45) is 0. The standard InChI is InChI=1S/C48H29N.C46H29N.C40H24N2/c1-2-16-33(17-3-1)49-45-23-9-8-20-38(45)44-28-32-24-25-39-42(36-21-10-14-30-12-4-6-18-34(30)36)29-43(37-22-11-15-31-13-5-7-19-35(31)37)40-26-27-41(48(44)49)46(32)47(39)40;1-5-15-30(16-6-1)39-29-40(31-17-7-2-8-18-31)35-26-28-38-44-37(27-25-34(39)43(35)44)42(32-19-9-3-10-20-32)45-36-23-13-14-24-41(36)47(46(38)45)33-21-11-4-12-22-33;1-2-10-27(11-3-1)41-34-15-7-6-14-30(34)33-24-26-19-21-31-37(23-20-25-18-22-32(40(33)41)39(26)38(25)31)42-35-16-8-4-12-28(35)29-13-5-9-17-36(29)42/h1-29H;1-29H;1-24H. The van der Waals surface area contributed by atoms with Crippen LogP contribution in [0.15, 0.2) is 497 Å². The number of aromatic nitrogens is 4. The zero-order valence-corrected chi connectivity index (χ0v) is 75.1. The molecule has 4 aromatic heterocycles. The van der Waals surface area contributed by atoms with Gasteiger partial charge in [0.2, 0.25) is 0 Å². The summed E-state index contributed by atoms with van der Waals surface area (Å²) >= 11 is 0. The summed E-state index contributed by atoms with van der Waals surface area (Å²) in [7, 11) is 0. The smallest absolute Gasteiger partial charge is 0.0626 e. The Morgan fingerprint density at radius 2 is 0.420 bits per heavy atom. The molecular weight excluding hydrogens is 1670 g/mol. The molecule has 4 nitrogen and oxygen atoms in total. The van der Waals surface area contributed by atoms with Crippen molar-refractivity contribution in [3.63, 3.8) is 0 Å². The molecule has 0 bridgehead atoms. The van der Waals surface area contributed by atoms with Gasteiger partial charge in [-0.05, 0) is 244 Å². The second kappa shape index (κ2) is 30.7. The molecule has 0 aliphatic rings. The van der Waals surface area contributed by atoms with Crippen molar-refractivity contribution in [2.24, 2.45) is 0 Å². The first kappa shape index (κ1) is 77.4. The van der Waals surface area contributed by atoms with Crippen LogP contribution in [0.3, 0.4) is 0 Å². The average Bonchev–Trinajstić information content (AvgIpc) is 1.49. The Kier molecular flexibility index (Phi) is 17.2. The highest BCUT2D eigenvalue weighted by Gasteiger charge is 2.30. The summed E-state index contributed by atoms with van der Waals surface area (Å²) in [5.41, 5.74) is 27.3. The maximum atomic E-state index is 2.49. The van der Waals surface area contributed by atoms with E-state index in [4.69, 9.17) is 0 Å². The minimum absolute atomic E-state index is 1.17. The molecule has 0 aliphatic heterocycles. The van der Waals surface area contributed by atoms with Crippen LogP contribution < -0.4 is 0 Å². The molecule has 4 heteroatoms. The van der Waals surface area contributed by atoms with Crippen LogP contribution in [0.1, 0.15) is 0 Å². The third-order valence-corrected chi connectivity index (χ3v) is 29.9. The first-order valence-electron chi connectivity index (χ1n) is 47.9. The summed E-state index contributed by atoms with van der Waals surface area (Å²) in [4.78, 5) is 0. The van der Waals surface area contributed by atoms with Gasteiger partial charge >= 0.3 is 0 Å². The van der Waals surface area contributed by atoms with Crippen molar-refractivity contribution >= 4 is 206 Å². The van der Waals surface area contributed by atoms with Crippen LogP contribution in [0.25, 0.3) is 284 Å². The Labute approximate surface area is 794 Å². The number of fused-ring (bicyclic) bond motifs is 17. The van der Waals surface area contributed by atoms with Crippen LogP contribution in [-0.2, 0) is 0 Å². The number of hydrogen-bond donors (Lipinski definition) is 0. The first-order chi connectivity index (χ1) is 68.6. The molecule has 31 aromatic rings. The van der Waals surface area contributed by atoms with Gasteiger partial charge < -0.3 is 18.3 Å². The molecule has 0 spiro atoms. The van der Waals surface area contributed by atoms with Gasteiger partial charge in [-0.3, -0.25) is 0 Å². The van der Waals surface area contributed by atoms with Crippen LogP contribution in [0.2, 0.25) is 0 Å². The molecular formula is C134H82N4. The zero-order chi connectivity index (χ0) is 90.3. The van der Waals surface area contributed by atoms with Gasteiger partial charge in [-0.1, -0.05) is 400 Å². The third kappa shape index (κ3) is 11.5. The Morgan fingerprint density at radius 3 is 0.906 bits per heavy atom. The van der Waals surface area contributed by atoms with E-state index in [0.29, 0.717) is 0 Å². The topological polar surface area (TPSA) is 19.7 Å². The largest absolute Gasteiger partial charge is 0.309 e. The number of nitrogens with zero attached hydrogens (tertiary/aromatic N) is 4. The molecule has 0 atom stereocenters. The normalized spacial score (nSPS) is 12.1.